The molecule has 2 rings (SSSR count). The van der Waals surface area contributed by atoms with Gasteiger partial charge in [-0.05, 0) is 37.9 Å². The van der Waals surface area contributed by atoms with Gasteiger partial charge < -0.3 is 5.32 Å². The van der Waals surface area contributed by atoms with Crippen LogP contribution in [-0.2, 0) is 13.6 Å². The van der Waals surface area contributed by atoms with E-state index >= 15 is 0 Å². The number of hydrogen-bond donors (Lipinski definition) is 1. The van der Waals surface area contributed by atoms with E-state index in [1.54, 1.807) is 7.05 Å². The molecule has 1 heterocycles. The molecule has 0 aliphatic carbocycles. The van der Waals surface area contributed by atoms with Crippen LogP contribution in [-0.4, -0.2) is 16.3 Å². The third-order valence-corrected chi connectivity index (χ3v) is 3.66. The van der Waals surface area contributed by atoms with Crippen molar-refractivity contribution in [3.8, 4) is 11.3 Å². The first-order valence-electron chi connectivity index (χ1n) is 7.74. The van der Waals surface area contributed by atoms with Crippen LogP contribution in [0.2, 0.25) is 0 Å². The Bertz CT molecular complexity index is 717. The normalized spacial score (nSPS) is 11.2. The smallest absolute Gasteiger partial charge is 0.271 e. The number of nitrogens with one attached hydrogen (secondary N) is 1. The predicted molar refractivity (Wildman–Crippen MR) is 90.9 cm³/mol. The monoisotopic (exact) mass is 299 g/mol. The molecule has 2 aromatic rings. The van der Waals surface area contributed by atoms with Gasteiger partial charge in [0.15, 0.2) is 0 Å². The van der Waals surface area contributed by atoms with Gasteiger partial charge in [0.2, 0.25) is 0 Å². The molecule has 0 amide bonds. The van der Waals surface area contributed by atoms with Crippen molar-refractivity contribution < 1.29 is 0 Å². The first-order valence-corrected chi connectivity index (χ1v) is 7.74. The Morgan fingerprint density at radius 3 is 2.59 bits per heavy atom. The van der Waals surface area contributed by atoms with Crippen LogP contribution >= 0.6 is 0 Å². The molecular formula is C18H25N3O. The van der Waals surface area contributed by atoms with E-state index in [9.17, 15) is 4.79 Å². The summed E-state index contributed by atoms with van der Waals surface area (Å²) in [5.41, 5.74) is 5.04. The maximum Gasteiger partial charge on any atom is 0.271 e. The minimum atomic E-state index is -0.0372. The molecule has 0 saturated carbocycles. The summed E-state index contributed by atoms with van der Waals surface area (Å²) in [5, 5.41) is 7.74. The minimum Gasteiger partial charge on any atom is -0.312 e. The lowest BCUT2D eigenvalue weighted by Crippen LogP contribution is -2.29. The van der Waals surface area contributed by atoms with Crippen molar-refractivity contribution in [3.63, 3.8) is 0 Å². The summed E-state index contributed by atoms with van der Waals surface area (Å²) in [6.45, 7) is 9.92. The van der Waals surface area contributed by atoms with Crippen molar-refractivity contribution in [2.45, 2.75) is 34.2 Å². The molecule has 4 nitrogen and oxygen atoms in total. The lowest BCUT2D eigenvalue weighted by atomic mass is 10.0. The van der Waals surface area contributed by atoms with E-state index in [1.807, 2.05) is 6.07 Å². The van der Waals surface area contributed by atoms with E-state index in [0.29, 0.717) is 12.5 Å². The molecule has 22 heavy (non-hydrogen) atoms. The van der Waals surface area contributed by atoms with E-state index < -0.39 is 0 Å². The van der Waals surface area contributed by atoms with Crippen LogP contribution in [0.3, 0.4) is 0 Å². The molecule has 1 aromatic carbocycles. The molecule has 0 aliphatic rings. The highest BCUT2D eigenvalue weighted by Crippen LogP contribution is 2.22. The lowest BCUT2D eigenvalue weighted by molar-refractivity contribution is 0.547. The number of rotatable bonds is 5. The quantitative estimate of drug-likeness (QED) is 0.923. The van der Waals surface area contributed by atoms with Crippen molar-refractivity contribution in [2.75, 3.05) is 6.54 Å². The Kier molecular flexibility index (Phi) is 5.14. The second-order valence-electron chi connectivity index (χ2n) is 6.33. The van der Waals surface area contributed by atoms with Crippen molar-refractivity contribution in [2.24, 2.45) is 13.0 Å². The molecular weight excluding hydrogens is 274 g/mol. The van der Waals surface area contributed by atoms with Gasteiger partial charge in [-0.1, -0.05) is 37.6 Å². The highest BCUT2D eigenvalue weighted by Gasteiger charge is 2.10. The summed E-state index contributed by atoms with van der Waals surface area (Å²) in [5.74, 6) is 0.560. The summed E-state index contributed by atoms with van der Waals surface area (Å²) >= 11 is 0. The van der Waals surface area contributed by atoms with Gasteiger partial charge in [-0.15, -0.1) is 0 Å². The molecule has 0 radical (unpaired) electrons. The second kappa shape index (κ2) is 6.88. The largest absolute Gasteiger partial charge is 0.312 e. The van der Waals surface area contributed by atoms with Gasteiger partial charge in [-0.3, -0.25) is 4.79 Å². The van der Waals surface area contributed by atoms with Crippen LogP contribution in [0, 0.1) is 19.8 Å². The molecule has 4 heteroatoms. The summed E-state index contributed by atoms with van der Waals surface area (Å²) in [6, 6.07) is 8.20. The first kappa shape index (κ1) is 16.4. The Labute approximate surface area is 132 Å². The van der Waals surface area contributed by atoms with E-state index in [2.05, 4.69) is 56.3 Å². The molecule has 0 aliphatic heterocycles. The van der Waals surface area contributed by atoms with Crippen LogP contribution in [0.15, 0.2) is 29.1 Å². The van der Waals surface area contributed by atoms with E-state index in [-0.39, 0.29) is 5.56 Å². The minimum absolute atomic E-state index is 0.0372. The highest BCUT2D eigenvalue weighted by atomic mass is 16.1. The standard InChI is InChI=1S/C18H25N3O/c1-12(2)10-19-11-15-9-17(20-21(5)18(15)22)16-7-6-13(3)8-14(16)4/h6-9,12,19H,10-11H2,1-5H3. The third kappa shape index (κ3) is 3.83. The fourth-order valence-electron chi connectivity index (χ4n) is 2.53. The molecule has 0 bridgehead atoms. The van der Waals surface area contributed by atoms with Gasteiger partial charge in [0, 0.05) is 24.7 Å². The maximum absolute atomic E-state index is 12.2. The van der Waals surface area contributed by atoms with Gasteiger partial charge in [-0.25, -0.2) is 4.68 Å². The third-order valence-electron chi connectivity index (χ3n) is 3.66. The van der Waals surface area contributed by atoms with Gasteiger partial charge >= 0.3 is 0 Å². The average molecular weight is 299 g/mol. The summed E-state index contributed by atoms with van der Waals surface area (Å²) < 4.78 is 1.43. The van der Waals surface area contributed by atoms with Gasteiger partial charge in [0.1, 0.15) is 0 Å². The molecule has 118 valence electrons. The number of aromatic nitrogens is 2. The number of aryl methyl sites for hydroxylation is 3. The topological polar surface area (TPSA) is 46.9 Å². The van der Waals surface area contributed by atoms with Crippen LogP contribution in [0.4, 0.5) is 0 Å². The first-order chi connectivity index (χ1) is 10.4. The Morgan fingerprint density at radius 2 is 1.95 bits per heavy atom. The molecule has 0 spiro atoms. The van der Waals surface area contributed by atoms with Gasteiger partial charge in [0.25, 0.3) is 5.56 Å². The molecule has 1 N–H and O–H groups in total. The van der Waals surface area contributed by atoms with Crippen molar-refractivity contribution in [1.82, 2.24) is 15.1 Å². The summed E-state index contributed by atoms with van der Waals surface area (Å²) in [7, 11) is 1.71. The van der Waals surface area contributed by atoms with Crippen LogP contribution in [0.5, 0.6) is 0 Å². The lowest BCUT2D eigenvalue weighted by Gasteiger charge is -2.11. The van der Waals surface area contributed by atoms with Gasteiger partial charge in [0.05, 0.1) is 5.69 Å². The fourth-order valence-corrected chi connectivity index (χ4v) is 2.53. The summed E-state index contributed by atoms with van der Waals surface area (Å²) in [4.78, 5) is 12.2. The molecule has 0 unspecified atom stereocenters. The number of benzene rings is 1. The Hall–Kier alpha value is -1.94. The summed E-state index contributed by atoms with van der Waals surface area (Å²) in [6.07, 6.45) is 0. The SMILES string of the molecule is Cc1ccc(-c2cc(CNCC(C)C)c(=O)n(C)n2)c(C)c1. The molecule has 0 atom stereocenters. The van der Waals surface area contributed by atoms with Crippen molar-refractivity contribution >= 4 is 0 Å². The zero-order valence-corrected chi connectivity index (χ0v) is 14.1. The predicted octanol–water partition coefficient (Wildman–Crippen LogP) is 2.81. The van der Waals surface area contributed by atoms with E-state index in [1.165, 1.54) is 15.8 Å². The number of hydrogen-bond acceptors (Lipinski definition) is 3. The van der Waals surface area contributed by atoms with Crippen molar-refractivity contribution in [1.29, 1.82) is 0 Å². The van der Waals surface area contributed by atoms with Crippen LogP contribution in [0.1, 0.15) is 30.5 Å². The van der Waals surface area contributed by atoms with Crippen molar-refractivity contribution in [3.05, 3.63) is 51.3 Å². The number of nitrogens with zero attached hydrogens (tertiary/aromatic N) is 2. The molecule has 0 fully saturated rings. The average Bonchev–Trinajstić information content (AvgIpc) is 2.43. The van der Waals surface area contributed by atoms with Crippen LogP contribution in [0.25, 0.3) is 11.3 Å². The fraction of sp³-hybridized carbons (Fsp3) is 0.444. The van der Waals surface area contributed by atoms with E-state index in [0.717, 1.165) is 23.4 Å². The van der Waals surface area contributed by atoms with E-state index in [4.69, 9.17) is 0 Å². The molecule has 0 saturated heterocycles. The van der Waals surface area contributed by atoms with Gasteiger partial charge in [-0.2, -0.15) is 5.10 Å². The van der Waals surface area contributed by atoms with Crippen LogP contribution < -0.4 is 10.9 Å². The highest BCUT2D eigenvalue weighted by molar-refractivity contribution is 5.64. The zero-order chi connectivity index (χ0) is 16.3. The maximum atomic E-state index is 12.2. The Balaban J connectivity index is 2.37. The second-order valence-corrected chi connectivity index (χ2v) is 6.33. The Morgan fingerprint density at radius 1 is 1.23 bits per heavy atom. The molecule has 1 aromatic heterocycles. The zero-order valence-electron chi connectivity index (χ0n) is 14.1.